The molecule has 0 amide bonds. The smallest absolute Gasteiger partial charge is 0.360 e. The average Bonchev–Trinajstić information content (AvgIpc) is 2.66. The van der Waals surface area contributed by atoms with E-state index in [9.17, 15) is 4.79 Å². The van der Waals surface area contributed by atoms with Gasteiger partial charge in [0.15, 0.2) is 5.69 Å². The lowest BCUT2D eigenvalue weighted by Crippen LogP contribution is -2.43. The van der Waals surface area contributed by atoms with E-state index in [0.717, 1.165) is 38.8 Å². The van der Waals surface area contributed by atoms with Crippen molar-refractivity contribution >= 4 is 5.97 Å². The highest BCUT2D eigenvalue weighted by Crippen LogP contribution is 2.20. The van der Waals surface area contributed by atoms with Crippen LogP contribution in [-0.2, 0) is 4.74 Å². The summed E-state index contributed by atoms with van der Waals surface area (Å²) in [5.74, 6) is -0.328. The quantitative estimate of drug-likeness (QED) is 0.658. The Bertz CT molecular complexity index is 434. The zero-order chi connectivity index (χ0) is 13.1. The molecule has 0 aromatic carbocycles. The molecule has 104 valence electrons. The zero-order valence-electron chi connectivity index (χ0n) is 11.0. The Labute approximate surface area is 112 Å². The number of carbonyl (C=O) groups excluding carboxylic acids is 1. The predicted molar refractivity (Wildman–Crippen MR) is 68.8 cm³/mol. The second kappa shape index (κ2) is 5.69. The summed E-state index contributed by atoms with van der Waals surface area (Å²) in [5.41, 5.74) is 0.330. The van der Waals surface area contributed by atoms with Gasteiger partial charge in [-0.3, -0.25) is 0 Å². The van der Waals surface area contributed by atoms with Crippen LogP contribution in [0.1, 0.15) is 55.1 Å². The molecule has 1 aliphatic carbocycles. The van der Waals surface area contributed by atoms with Crippen LogP contribution in [0.2, 0.25) is 0 Å². The molecule has 1 aromatic heterocycles. The van der Waals surface area contributed by atoms with E-state index < -0.39 is 0 Å². The summed E-state index contributed by atoms with van der Waals surface area (Å²) < 4.78 is 7.28. The lowest BCUT2D eigenvalue weighted by molar-refractivity contribution is 0.0260. The molecular weight excluding hydrogens is 244 g/mol. The number of nitrogens with one attached hydrogen (secondary N) is 1. The van der Waals surface area contributed by atoms with Gasteiger partial charge in [-0.1, -0.05) is 18.1 Å². The first-order valence-corrected chi connectivity index (χ1v) is 7.16. The number of aromatic nitrogens is 3. The van der Waals surface area contributed by atoms with Gasteiger partial charge < -0.3 is 10.1 Å². The normalized spacial score (nSPS) is 21.7. The molecule has 1 aromatic rings. The van der Waals surface area contributed by atoms with Crippen molar-refractivity contribution in [2.24, 2.45) is 0 Å². The van der Waals surface area contributed by atoms with Crippen molar-refractivity contribution in [2.45, 2.75) is 50.7 Å². The van der Waals surface area contributed by atoms with E-state index in [4.69, 9.17) is 4.74 Å². The Morgan fingerprint density at radius 1 is 1.26 bits per heavy atom. The minimum absolute atomic E-state index is 0.0607. The summed E-state index contributed by atoms with van der Waals surface area (Å²) in [4.78, 5) is 12.0. The Balaban J connectivity index is 1.58. The molecular formula is C13H20N4O2. The van der Waals surface area contributed by atoms with Crippen LogP contribution in [0.15, 0.2) is 6.20 Å². The van der Waals surface area contributed by atoms with Crippen molar-refractivity contribution in [3.8, 4) is 0 Å². The summed E-state index contributed by atoms with van der Waals surface area (Å²) in [6, 6.07) is 0.326. The van der Waals surface area contributed by atoms with Gasteiger partial charge in [-0.25, -0.2) is 9.48 Å². The van der Waals surface area contributed by atoms with E-state index in [1.54, 1.807) is 10.9 Å². The van der Waals surface area contributed by atoms with Gasteiger partial charge in [-0.2, -0.15) is 0 Å². The third kappa shape index (κ3) is 2.94. The lowest BCUT2D eigenvalue weighted by Gasteiger charge is -2.26. The van der Waals surface area contributed by atoms with Crippen LogP contribution >= 0.6 is 0 Å². The molecule has 0 atom stereocenters. The molecule has 6 nitrogen and oxygen atoms in total. The highest BCUT2D eigenvalue weighted by atomic mass is 16.5. The number of nitrogens with zero attached hydrogens (tertiary/aromatic N) is 3. The summed E-state index contributed by atoms with van der Waals surface area (Å²) in [7, 11) is 0. The van der Waals surface area contributed by atoms with Crippen molar-refractivity contribution in [1.29, 1.82) is 0 Å². The maximum Gasteiger partial charge on any atom is 0.360 e. The summed E-state index contributed by atoms with van der Waals surface area (Å²) in [6.45, 7) is 1.78. The molecule has 6 heteroatoms. The highest BCUT2D eigenvalue weighted by molar-refractivity contribution is 5.86. The molecule has 19 heavy (non-hydrogen) atoms. The van der Waals surface area contributed by atoms with E-state index in [1.165, 1.54) is 12.8 Å². The van der Waals surface area contributed by atoms with Gasteiger partial charge in [0.05, 0.1) is 12.2 Å². The molecule has 0 spiro atoms. The predicted octanol–water partition coefficient (Wildman–Crippen LogP) is 1.30. The number of ether oxygens (including phenoxy) is 1. The standard InChI is InChI=1S/C13H20N4O2/c18-13(19-11-5-3-1-2-4-6-11)12-9-17(16-15-12)10-7-14-8-10/h9-11,14H,1-8H2. The first-order chi connectivity index (χ1) is 9.33. The Morgan fingerprint density at radius 2 is 2.00 bits per heavy atom. The number of rotatable bonds is 3. The second-order valence-corrected chi connectivity index (χ2v) is 5.41. The third-order valence-electron chi connectivity index (χ3n) is 3.93. The summed E-state index contributed by atoms with van der Waals surface area (Å²) in [6.07, 6.45) is 8.52. The molecule has 1 saturated heterocycles. The van der Waals surface area contributed by atoms with Crippen molar-refractivity contribution < 1.29 is 9.53 Å². The van der Waals surface area contributed by atoms with Crippen molar-refractivity contribution in [3.63, 3.8) is 0 Å². The van der Waals surface area contributed by atoms with Gasteiger partial charge in [-0.15, -0.1) is 5.10 Å². The maximum absolute atomic E-state index is 12.0. The Morgan fingerprint density at radius 3 is 2.63 bits per heavy atom. The van der Waals surface area contributed by atoms with Crippen LogP contribution in [0.4, 0.5) is 0 Å². The molecule has 2 fully saturated rings. The first-order valence-electron chi connectivity index (χ1n) is 7.16. The van der Waals surface area contributed by atoms with Gasteiger partial charge in [0.2, 0.25) is 0 Å². The van der Waals surface area contributed by atoms with E-state index in [2.05, 4.69) is 15.6 Å². The van der Waals surface area contributed by atoms with Crippen LogP contribution in [0, 0.1) is 0 Å². The van der Waals surface area contributed by atoms with Crippen LogP contribution in [-0.4, -0.2) is 40.2 Å². The first kappa shape index (κ1) is 12.6. The molecule has 0 unspecified atom stereocenters. The minimum Gasteiger partial charge on any atom is -0.458 e. The maximum atomic E-state index is 12.0. The van der Waals surface area contributed by atoms with Crippen LogP contribution in [0.3, 0.4) is 0 Å². The summed E-state index contributed by atoms with van der Waals surface area (Å²) in [5, 5.41) is 11.1. The summed E-state index contributed by atoms with van der Waals surface area (Å²) >= 11 is 0. The molecule has 1 N–H and O–H groups in total. The number of esters is 1. The van der Waals surface area contributed by atoms with Gasteiger partial charge >= 0.3 is 5.97 Å². The van der Waals surface area contributed by atoms with Crippen molar-refractivity contribution in [3.05, 3.63) is 11.9 Å². The van der Waals surface area contributed by atoms with E-state index in [1.807, 2.05) is 0 Å². The molecule has 2 aliphatic rings. The number of carbonyl (C=O) groups is 1. The SMILES string of the molecule is O=C(OC1CCCCCC1)c1cn(C2CNC2)nn1. The Kier molecular flexibility index (Phi) is 3.77. The molecule has 3 rings (SSSR count). The largest absolute Gasteiger partial charge is 0.458 e. The zero-order valence-corrected chi connectivity index (χ0v) is 11.0. The van der Waals surface area contributed by atoms with E-state index >= 15 is 0 Å². The topological polar surface area (TPSA) is 69.0 Å². The van der Waals surface area contributed by atoms with Crippen LogP contribution < -0.4 is 5.32 Å². The van der Waals surface area contributed by atoms with Gasteiger partial charge in [-0.05, 0) is 25.7 Å². The molecule has 0 radical (unpaired) electrons. The fourth-order valence-electron chi connectivity index (χ4n) is 2.58. The fourth-order valence-corrected chi connectivity index (χ4v) is 2.58. The minimum atomic E-state index is -0.328. The van der Waals surface area contributed by atoms with Gasteiger partial charge in [0.25, 0.3) is 0 Å². The molecule has 0 bridgehead atoms. The van der Waals surface area contributed by atoms with E-state index in [0.29, 0.717) is 11.7 Å². The molecule has 1 saturated carbocycles. The fraction of sp³-hybridized carbons (Fsp3) is 0.769. The van der Waals surface area contributed by atoms with Crippen LogP contribution in [0.25, 0.3) is 0 Å². The Hall–Kier alpha value is -1.43. The number of hydrogen-bond donors (Lipinski definition) is 1. The monoisotopic (exact) mass is 264 g/mol. The van der Waals surface area contributed by atoms with Crippen LogP contribution in [0.5, 0.6) is 0 Å². The van der Waals surface area contributed by atoms with Crippen molar-refractivity contribution in [1.82, 2.24) is 20.3 Å². The van der Waals surface area contributed by atoms with Gasteiger partial charge in [0, 0.05) is 13.1 Å². The highest BCUT2D eigenvalue weighted by Gasteiger charge is 2.24. The van der Waals surface area contributed by atoms with Crippen molar-refractivity contribution in [2.75, 3.05) is 13.1 Å². The second-order valence-electron chi connectivity index (χ2n) is 5.41. The molecule has 2 heterocycles. The van der Waals surface area contributed by atoms with Gasteiger partial charge in [0.1, 0.15) is 6.10 Å². The molecule has 1 aliphatic heterocycles. The number of hydrogen-bond acceptors (Lipinski definition) is 5. The average molecular weight is 264 g/mol. The lowest BCUT2D eigenvalue weighted by atomic mass is 10.1. The van der Waals surface area contributed by atoms with E-state index in [-0.39, 0.29) is 12.1 Å². The third-order valence-corrected chi connectivity index (χ3v) is 3.93.